The minimum Gasteiger partial charge on any atom is -0.488 e. The number of hydrogen-bond acceptors (Lipinski definition) is 10. The summed E-state index contributed by atoms with van der Waals surface area (Å²) in [5.41, 5.74) is 6.29. The fraction of sp³-hybridized carbons (Fsp3) is 0.586. The van der Waals surface area contributed by atoms with Gasteiger partial charge in [-0.2, -0.15) is 10.2 Å². The first kappa shape index (κ1) is 31.1. The molecule has 1 saturated heterocycles. The van der Waals surface area contributed by atoms with Gasteiger partial charge in [-0.25, -0.2) is 13.4 Å². The van der Waals surface area contributed by atoms with Crippen LogP contribution in [0.2, 0.25) is 0 Å². The van der Waals surface area contributed by atoms with Crippen LogP contribution in [0.1, 0.15) is 70.4 Å². The van der Waals surface area contributed by atoms with Crippen LogP contribution in [0.5, 0.6) is 5.75 Å². The summed E-state index contributed by atoms with van der Waals surface area (Å²) in [6.45, 7) is 10.7. The topological polar surface area (TPSA) is 142 Å². The molecule has 1 saturated carbocycles. The third-order valence-electron chi connectivity index (χ3n) is 7.90. The molecule has 2 aliphatic heterocycles. The number of likely N-dealkylation sites (tertiary alicyclic amines) is 1. The fourth-order valence-electron chi connectivity index (χ4n) is 5.29. The van der Waals surface area contributed by atoms with Crippen LogP contribution in [0.3, 0.4) is 0 Å². The van der Waals surface area contributed by atoms with Crippen LogP contribution < -0.4 is 20.8 Å². The van der Waals surface area contributed by atoms with Crippen molar-refractivity contribution in [1.29, 1.82) is 0 Å². The lowest BCUT2D eigenvalue weighted by Crippen LogP contribution is -2.40. The van der Waals surface area contributed by atoms with Crippen molar-refractivity contribution >= 4 is 49.7 Å². The van der Waals surface area contributed by atoms with E-state index in [2.05, 4.69) is 50.3 Å². The maximum absolute atomic E-state index is 12.9. The maximum atomic E-state index is 12.9. The number of amides is 1. The Kier molecular flexibility index (Phi) is 8.94. The number of aromatic nitrogens is 2. The lowest BCUT2D eigenvalue weighted by molar-refractivity contribution is -0.135. The number of nitrogens with one attached hydrogen (secondary N) is 3. The van der Waals surface area contributed by atoms with Gasteiger partial charge in [0.2, 0.25) is 27.1 Å². The molecule has 14 heteroatoms. The molecule has 12 nitrogen and oxygen atoms in total. The van der Waals surface area contributed by atoms with Gasteiger partial charge in [-0.05, 0) is 75.6 Å². The van der Waals surface area contributed by atoms with Crippen LogP contribution in [0, 0.1) is 12.8 Å². The van der Waals surface area contributed by atoms with Crippen molar-refractivity contribution in [3.05, 3.63) is 29.5 Å². The highest BCUT2D eigenvalue weighted by Crippen LogP contribution is 2.39. The summed E-state index contributed by atoms with van der Waals surface area (Å²) >= 11 is 6.36. The molecule has 1 aromatic carbocycles. The van der Waals surface area contributed by atoms with Gasteiger partial charge in [0.15, 0.2) is 11.0 Å². The van der Waals surface area contributed by atoms with Crippen molar-refractivity contribution in [1.82, 2.24) is 20.1 Å². The van der Waals surface area contributed by atoms with Crippen LogP contribution in [-0.2, 0) is 21.7 Å². The number of hydrazone groups is 1. The number of hydrogen-bond donors (Lipinski definition) is 3. The van der Waals surface area contributed by atoms with Crippen LogP contribution >= 0.6 is 11.6 Å². The minimum atomic E-state index is -3.66. The maximum Gasteiger partial charge on any atom is 0.225 e. The number of halogens is 1. The van der Waals surface area contributed by atoms with Crippen molar-refractivity contribution in [2.45, 2.75) is 88.9 Å². The molecule has 234 valence electrons. The van der Waals surface area contributed by atoms with Gasteiger partial charge >= 0.3 is 0 Å². The molecule has 0 spiro atoms. The molecule has 43 heavy (non-hydrogen) atoms. The number of piperidine rings is 1. The zero-order valence-electron chi connectivity index (χ0n) is 25.5. The van der Waals surface area contributed by atoms with Crippen LogP contribution in [0.25, 0.3) is 0 Å². The number of carbonyl (C=O) groups is 1. The van der Waals surface area contributed by atoms with Gasteiger partial charge in [0.1, 0.15) is 5.75 Å². The van der Waals surface area contributed by atoms with Crippen LogP contribution in [0.4, 0.5) is 11.4 Å². The van der Waals surface area contributed by atoms with Gasteiger partial charge in [0.25, 0.3) is 0 Å². The molecule has 2 fully saturated rings. The Morgan fingerprint density at radius 1 is 1.12 bits per heavy atom. The van der Waals surface area contributed by atoms with E-state index in [9.17, 15) is 13.2 Å². The van der Waals surface area contributed by atoms with Gasteiger partial charge in [-0.1, -0.05) is 25.4 Å². The summed E-state index contributed by atoms with van der Waals surface area (Å²) in [7, 11) is -2.01. The number of anilines is 2. The van der Waals surface area contributed by atoms with E-state index in [0.717, 1.165) is 55.8 Å². The Bertz CT molecular complexity index is 1540. The summed E-state index contributed by atoms with van der Waals surface area (Å²) in [6, 6.07) is 4.19. The Labute approximate surface area is 258 Å². The van der Waals surface area contributed by atoms with Crippen molar-refractivity contribution in [3.8, 4) is 5.75 Å². The molecule has 0 bridgehead atoms. The van der Waals surface area contributed by atoms with E-state index in [-0.39, 0.29) is 39.6 Å². The SMILES string of the molecule is Cc1cc(NC2N=C(Nc3cn(C)nc3S(=O)(=O)C(C)C)C(Cl)=NN2)c(OC2CC2)cc1C1CCN(C(=O)C(C)C)CC1. The molecule has 1 aromatic heterocycles. The molecule has 0 radical (unpaired) electrons. The Balaban J connectivity index is 1.36. The largest absolute Gasteiger partial charge is 0.488 e. The molecule has 1 aliphatic carbocycles. The molecular weight excluding hydrogens is 592 g/mol. The third-order valence-corrected chi connectivity index (χ3v) is 10.2. The van der Waals surface area contributed by atoms with E-state index in [1.807, 2.05) is 18.7 Å². The highest BCUT2D eigenvalue weighted by atomic mass is 35.5. The number of ether oxygens (including phenoxy) is 1. The zero-order valence-corrected chi connectivity index (χ0v) is 27.1. The van der Waals surface area contributed by atoms with Crippen molar-refractivity contribution in [2.75, 3.05) is 23.7 Å². The predicted octanol–water partition coefficient (Wildman–Crippen LogP) is 4.18. The number of nitrogens with zero attached hydrogens (tertiary/aromatic N) is 5. The first-order chi connectivity index (χ1) is 20.3. The Morgan fingerprint density at radius 3 is 2.44 bits per heavy atom. The molecule has 5 rings (SSSR count). The lowest BCUT2D eigenvalue weighted by Gasteiger charge is -2.34. The van der Waals surface area contributed by atoms with Crippen LogP contribution in [-0.4, -0.2) is 70.7 Å². The highest BCUT2D eigenvalue weighted by molar-refractivity contribution is 7.92. The summed E-state index contributed by atoms with van der Waals surface area (Å²) < 4.78 is 33.6. The third kappa shape index (κ3) is 6.93. The van der Waals surface area contributed by atoms with E-state index >= 15 is 0 Å². The van der Waals surface area contributed by atoms with Crippen molar-refractivity contribution in [3.63, 3.8) is 0 Å². The van der Waals surface area contributed by atoms with E-state index in [0.29, 0.717) is 5.92 Å². The average Bonchev–Trinajstić information content (AvgIpc) is 3.70. The van der Waals surface area contributed by atoms with E-state index in [1.165, 1.54) is 10.2 Å². The number of rotatable bonds is 9. The summed E-state index contributed by atoms with van der Waals surface area (Å²) in [6.07, 6.45) is 4.89. The number of carbonyl (C=O) groups excluding carboxylic acids is 1. The van der Waals surface area contributed by atoms with Gasteiger partial charge in [-0.3, -0.25) is 14.9 Å². The highest BCUT2D eigenvalue weighted by Gasteiger charge is 2.31. The molecule has 2 aromatic rings. The van der Waals surface area contributed by atoms with Crippen molar-refractivity contribution in [2.24, 2.45) is 23.1 Å². The molecule has 3 heterocycles. The average molecular weight is 633 g/mol. The first-order valence-corrected chi connectivity index (χ1v) is 16.7. The Morgan fingerprint density at radius 2 is 1.81 bits per heavy atom. The molecule has 3 aliphatic rings. The molecule has 1 amide bonds. The predicted molar refractivity (Wildman–Crippen MR) is 169 cm³/mol. The van der Waals surface area contributed by atoms with E-state index in [1.54, 1.807) is 27.1 Å². The number of aryl methyl sites for hydroxylation is 2. The number of amidine groups is 1. The second-order valence-electron chi connectivity index (χ2n) is 12.1. The summed E-state index contributed by atoms with van der Waals surface area (Å²) in [5.74, 6) is 1.51. The van der Waals surface area contributed by atoms with Crippen LogP contribution in [0.15, 0.2) is 33.4 Å². The molecule has 3 N–H and O–H groups in total. The number of aliphatic imine (C=N–C) groups is 1. The van der Waals surface area contributed by atoms with E-state index in [4.69, 9.17) is 16.3 Å². The van der Waals surface area contributed by atoms with Gasteiger partial charge in [0, 0.05) is 32.3 Å². The molecule has 1 atom stereocenters. The summed E-state index contributed by atoms with van der Waals surface area (Å²) in [5, 5.41) is 14.1. The van der Waals surface area contributed by atoms with Gasteiger partial charge in [0.05, 0.1) is 22.7 Å². The van der Waals surface area contributed by atoms with Gasteiger partial charge < -0.3 is 20.3 Å². The van der Waals surface area contributed by atoms with Crippen molar-refractivity contribution < 1.29 is 17.9 Å². The molecular formula is C29H41ClN8O4S. The summed E-state index contributed by atoms with van der Waals surface area (Å²) in [4.78, 5) is 19.1. The minimum absolute atomic E-state index is 0.00710. The standard InChI is InChI=1S/C29H41ClN8O4S/c1-16(2)28(39)38-11-9-19(10-12-38)21-14-24(42-20-7-8-20)22(13-18(21)5)32-29-33-26(25(30)34-35-29)31-23-15-37(6)36-27(23)43(40,41)17(3)4/h13-17,19-20,29,32,35H,7-12H2,1-6H3,(H,31,33). The lowest BCUT2D eigenvalue weighted by atomic mass is 9.86. The smallest absolute Gasteiger partial charge is 0.225 e. The first-order valence-electron chi connectivity index (χ1n) is 14.8. The molecule has 1 unspecified atom stereocenters. The normalized spacial score (nSPS) is 19.7. The monoisotopic (exact) mass is 632 g/mol. The second kappa shape index (κ2) is 12.4. The van der Waals surface area contributed by atoms with E-state index < -0.39 is 21.4 Å². The fourth-order valence-corrected chi connectivity index (χ4v) is 6.53. The Hall–Kier alpha value is -3.32. The van der Waals surface area contributed by atoms with Gasteiger partial charge in [-0.15, -0.1) is 0 Å². The zero-order chi connectivity index (χ0) is 31.1. The number of sulfone groups is 1. The second-order valence-corrected chi connectivity index (χ2v) is 14.9. The quantitative estimate of drug-likeness (QED) is 0.374. The number of benzene rings is 1.